The summed E-state index contributed by atoms with van der Waals surface area (Å²) in [4.78, 5) is 28.8. The van der Waals surface area contributed by atoms with Crippen LogP contribution < -0.4 is 4.90 Å². The number of para-hydroxylation sites is 1. The van der Waals surface area contributed by atoms with Gasteiger partial charge in [-0.15, -0.1) is 0 Å². The van der Waals surface area contributed by atoms with Gasteiger partial charge in [-0.3, -0.25) is 4.79 Å². The molecule has 4 heterocycles. The van der Waals surface area contributed by atoms with Gasteiger partial charge in [0.25, 0.3) is 5.91 Å². The van der Waals surface area contributed by atoms with Crippen LogP contribution in [0.15, 0.2) is 61.1 Å². The fraction of sp³-hybridized carbons (Fsp3) is 0.292. The van der Waals surface area contributed by atoms with Crippen molar-refractivity contribution in [1.29, 1.82) is 0 Å². The Morgan fingerprint density at radius 2 is 1.88 bits per heavy atom. The van der Waals surface area contributed by atoms with Crippen molar-refractivity contribution in [2.24, 2.45) is 5.92 Å². The highest BCUT2D eigenvalue weighted by molar-refractivity contribution is 5.98. The van der Waals surface area contributed by atoms with Gasteiger partial charge in [-0.25, -0.2) is 9.97 Å². The van der Waals surface area contributed by atoms with Crippen LogP contribution in [0.4, 0.5) is 5.95 Å². The third-order valence-corrected chi connectivity index (χ3v) is 6.45. The molecule has 0 unspecified atom stereocenters. The van der Waals surface area contributed by atoms with E-state index < -0.39 is 0 Å². The third kappa shape index (κ3) is 3.19. The van der Waals surface area contributed by atoms with Crippen LogP contribution in [0, 0.1) is 12.8 Å². The predicted octanol–water partition coefficient (Wildman–Crippen LogP) is 2.87. The third-order valence-electron chi connectivity index (χ3n) is 6.45. The summed E-state index contributed by atoms with van der Waals surface area (Å²) in [6.07, 6.45) is 6.19. The molecule has 0 saturated carbocycles. The van der Waals surface area contributed by atoms with Gasteiger partial charge in [0.05, 0.1) is 29.2 Å². The molecular weight excluding hydrogens is 402 g/mol. The van der Waals surface area contributed by atoms with Gasteiger partial charge < -0.3 is 9.80 Å². The van der Waals surface area contributed by atoms with E-state index in [0.717, 1.165) is 41.9 Å². The molecule has 2 fully saturated rings. The van der Waals surface area contributed by atoms with Crippen LogP contribution in [-0.4, -0.2) is 61.4 Å². The Labute approximate surface area is 185 Å². The molecule has 4 aromatic rings. The molecule has 0 aliphatic carbocycles. The zero-order valence-corrected chi connectivity index (χ0v) is 17.8. The Morgan fingerprint density at radius 1 is 1.03 bits per heavy atom. The van der Waals surface area contributed by atoms with Crippen molar-refractivity contribution in [3.8, 4) is 5.69 Å². The number of rotatable bonds is 3. The SMILES string of the molecule is Cc1ccc(-n2nccn2)c(C(=O)N2C[C@H]3C[C@@H](C2)N(c2ncc4ccccc4n2)C3)c1. The minimum Gasteiger partial charge on any atom is -0.336 e. The summed E-state index contributed by atoms with van der Waals surface area (Å²) in [5.74, 6) is 1.18. The number of aryl methyl sites for hydroxylation is 1. The van der Waals surface area contributed by atoms with Gasteiger partial charge in [0.15, 0.2) is 0 Å². The highest BCUT2D eigenvalue weighted by Gasteiger charge is 2.41. The molecule has 2 aliphatic rings. The average molecular weight is 425 g/mol. The number of benzene rings is 2. The van der Waals surface area contributed by atoms with E-state index in [2.05, 4.69) is 20.1 Å². The number of piperidine rings is 1. The van der Waals surface area contributed by atoms with Crippen molar-refractivity contribution in [1.82, 2.24) is 29.9 Å². The molecule has 2 aromatic heterocycles. The summed E-state index contributed by atoms with van der Waals surface area (Å²) in [6.45, 7) is 4.26. The molecule has 0 N–H and O–H groups in total. The Balaban J connectivity index is 1.28. The topological polar surface area (TPSA) is 80.0 Å². The Kier molecular flexibility index (Phi) is 4.38. The van der Waals surface area contributed by atoms with Gasteiger partial charge in [0.2, 0.25) is 5.95 Å². The lowest BCUT2D eigenvalue weighted by Crippen LogP contribution is -2.45. The Bertz CT molecular complexity index is 1300. The normalized spacial score (nSPS) is 20.2. The zero-order chi connectivity index (χ0) is 21.7. The summed E-state index contributed by atoms with van der Waals surface area (Å²) in [7, 11) is 0. The zero-order valence-electron chi connectivity index (χ0n) is 17.8. The van der Waals surface area contributed by atoms with E-state index in [1.54, 1.807) is 12.4 Å². The maximum absolute atomic E-state index is 13.6. The second-order valence-electron chi connectivity index (χ2n) is 8.69. The number of carbonyl (C=O) groups excluding carboxylic acids is 1. The number of likely N-dealkylation sites (tertiary alicyclic amines) is 1. The van der Waals surface area contributed by atoms with E-state index in [9.17, 15) is 4.79 Å². The van der Waals surface area contributed by atoms with E-state index in [0.29, 0.717) is 23.7 Å². The van der Waals surface area contributed by atoms with Gasteiger partial charge in [-0.2, -0.15) is 15.0 Å². The summed E-state index contributed by atoms with van der Waals surface area (Å²) < 4.78 is 0. The summed E-state index contributed by atoms with van der Waals surface area (Å²) in [5, 5.41) is 9.50. The largest absolute Gasteiger partial charge is 0.336 e. The molecule has 2 saturated heterocycles. The quantitative estimate of drug-likeness (QED) is 0.502. The number of anilines is 1. The maximum atomic E-state index is 13.6. The van der Waals surface area contributed by atoms with Gasteiger partial charge in [0, 0.05) is 37.3 Å². The number of amides is 1. The molecule has 0 spiro atoms. The van der Waals surface area contributed by atoms with E-state index in [1.807, 2.05) is 60.5 Å². The second kappa shape index (κ2) is 7.40. The van der Waals surface area contributed by atoms with E-state index in [1.165, 1.54) is 4.80 Å². The first kappa shape index (κ1) is 18.9. The van der Waals surface area contributed by atoms with E-state index in [4.69, 9.17) is 4.98 Å². The van der Waals surface area contributed by atoms with Crippen LogP contribution in [0.5, 0.6) is 0 Å². The minimum atomic E-state index is 0.0250. The van der Waals surface area contributed by atoms with Gasteiger partial charge >= 0.3 is 0 Å². The number of hydrogen-bond donors (Lipinski definition) is 0. The molecule has 2 bridgehead atoms. The van der Waals surface area contributed by atoms with Crippen LogP contribution in [0.1, 0.15) is 22.3 Å². The fourth-order valence-electron chi connectivity index (χ4n) is 4.98. The van der Waals surface area contributed by atoms with Crippen LogP contribution in [-0.2, 0) is 0 Å². The molecule has 2 atom stereocenters. The fourth-order valence-corrected chi connectivity index (χ4v) is 4.98. The first-order valence-electron chi connectivity index (χ1n) is 10.9. The van der Waals surface area contributed by atoms with Crippen molar-refractivity contribution in [3.63, 3.8) is 0 Å². The molecule has 2 aliphatic heterocycles. The lowest BCUT2D eigenvalue weighted by molar-refractivity contribution is 0.0693. The highest BCUT2D eigenvalue weighted by Crippen LogP contribution is 2.33. The molecule has 6 rings (SSSR count). The second-order valence-corrected chi connectivity index (χ2v) is 8.69. The molecule has 1 amide bonds. The van der Waals surface area contributed by atoms with Gasteiger partial charge in [-0.1, -0.05) is 29.8 Å². The van der Waals surface area contributed by atoms with Crippen LogP contribution in [0.25, 0.3) is 16.6 Å². The Hall–Kier alpha value is -3.81. The molecule has 160 valence electrons. The highest BCUT2D eigenvalue weighted by atomic mass is 16.2. The van der Waals surface area contributed by atoms with Crippen molar-refractivity contribution >= 4 is 22.8 Å². The van der Waals surface area contributed by atoms with Crippen molar-refractivity contribution in [3.05, 3.63) is 72.2 Å². The Morgan fingerprint density at radius 3 is 2.75 bits per heavy atom. The monoisotopic (exact) mass is 425 g/mol. The average Bonchev–Trinajstić information content (AvgIpc) is 3.46. The molecule has 32 heavy (non-hydrogen) atoms. The lowest BCUT2D eigenvalue weighted by Gasteiger charge is -2.33. The number of fused-ring (bicyclic) bond motifs is 3. The van der Waals surface area contributed by atoms with E-state index in [-0.39, 0.29) is 11.9 Å². The maximum Gasteiger partial charge on any atom is 0.256 e. The summed E-state index contributed by atoms with van der Waals surface area (Å²) in [6, 6.07) is 14.1. The van der Waals surface area contributed by atoms with Crippen molar-refractivity contribution < 1.29 is 4.79 Å². The molecule has 2 aromatic carbocycles. The van der Waals surface area contributed by atoms with E-state index >= 15 is 0 Å². The molecule has 8 heteroatoms. The van der Waals surface area contributed by atoms with Crippen LogP contribution >= 0.6 is 0 Å². The first-order chi connectivity index (χ1) is 15.7. The van der Waals surface area contributed by atoms with Crippen molar-refractivity contribution in [2.75, 3.05) is 24.5 Å². The number of nitrogens with zero attached hydrogens (tertiary/aromatic N) is 7. The number of hydrogen-bond acceptors (Lipinski definition) is 6. The lowest BCUT2D eigenvalue weighted by atomic mass is 9.98. The number of aromatic nitrogens is 5. The van der Waals surface area contributed by atoms with Gasteiger partial charge in [-0.05, 0) is 37.5 Å². The van der Waals surface area contributed by atoms with Gasteiger partial charge in [0.1, 0.15) is 0 Å². The van der Waals surface area contributed by atoms with Crippen LogP contribution in [0.3, 0.4) is 0 Å². The van der Waals surface area contributed by atoms with Crippen LogP contribution in [0.2, 0.25) is 0 Å². The predicted molar refractivity (Wildman–Crippen MR) is 121 cm³/mol. The number of carbonyl (C=O) groups is 1. The molecule has 0 radical (unpaired) electrons. The summed E-state index contributed by atoms with van der Waals surface area (Å²) in [5.41, 5.74) is 3.33. The minimum absolute atomic E-state index is 0.0250. The standard InChI is InChI=1S/C24H23N7O/c1-16-6-7-22(31-26-8-9-27-31)20(10-16)23(32)29-13-17-11-19(15-29)30(14-17)24-25-12-18-4-2-3-5-21(18)28-24/h2-10,12,17,19H,11,13-15H2,1H3/t17-,19+/m1/s1. The smallest absolute Gasteiger partial charge is 0.256 e. The first-order valence-corrected chi connectivity index (χ1v) is 10.9. The van der Waals surface area contributed by atoms with Crippen molar-refractivity contribution in [2.45, 2.75) is 19.4 Å². The summed E-state index contributed by atoms with van der Waals surface area (Å²) >= 11 is 0. The molecular formula is C24H23N7O. The molecule has 8 nitrogen and oxygen atoms in total.